The van der Waals surface area contributed by atoms with Crippen LogP contribution in [0.1, 0.15) is 38.4 Å². The Kier molecular flexibility index (Phi) is 5.70. The summed E-state index contributed by atoms with van der Waals surface area (Å²) in [5.74, 6) is 1.04. The zero-order chi connectivity index (χ0) is 21.1. The van der Waals surface area contributed by atoms with Crippen LogP contribution >= 0.6 is 0 Å². The summed E-state index contributed by atoms with van der Waals surface area (Å²) in [4.78, 5) is 27.6. The molecule has 0 radical (unpaired) electrons. The molecule has 3 aromatic rings. The number of nitrogens with one attached hydrogen (secondary N) is 1. The third kappa shape index (κ3) is 4.45. The summed E-state index contributed by atoms with van der Waals surface area (Å²) in [5.41, 5.74) is 2.22. The van der Waals surface area contributed by atoms with Gasteiger partial charge in [-0.2, -0.15) is 0 Å². The Morgan fingerprint density at radius 1 is 1.17 bits per heavy atom. The topological polar surface area (TPSA) is 71.0 Å². The van der Waals surface area contributed by atoms with Gasteiger partial charge in [0.25, 0.3) is 0 Å². The lowest BCUT2D eigenvalue weighted by Crippen LogP contribution is -2.44. The van der Waals surface area contributed by atoms with E-state index in [1.165, 1.54) is 12.1 Å². The second-order valence-corrected chi connectivity index (χ2v) is 7.67. The molecule has 0 aliphatic carbocycles. The molecule has 7 heteroatoms. The second kappa shape index (κ2) is 8.57. The number of hydrogen-bond acceptors (Lipinski definition) is 5. The predicted molar refractivity (Wildman–Crippen MR) is 114 cm³/mol. The number of aromatic nitrogens is 3. The maximum absolute atomic E-state index is 13.6. The molecule has 1 amide bonds. The maximum Gasteiger partial charge on any atom is 0.219 e. The number of halogens is 1. The summed E-state index contributed by atoms with van der Waals surface area (Å²) in [5, 5.41) is 3.19. The monoisotopic (exact) mass is 405 g/mol. The molecule has 4 rings (SSSR count). The molecular formula is C23H24FN5O. The van der Waals surface area contributed by atoms with Crippen molar-refractivity contribution in [1.29, 1.82) is 0 Å². The van der Waals surface area contributed by atoms with Crippen LogP contribution in [0.2, 0.25) is 0 Å². The molecule has 1 saturated heterocycles. The fourth-order valence-corrected chi connectivity index (χ4v) is 3.85. The smallest absolute Gasteiger partial charge is 0.219 e. The third-order valence-corrected chi connectivity index (χ3v) is 5.45. The Balaban J connectivity index is 1.71. The maximum atomic E-state index is 13.6. The number of likely N-dealkylation sites (tertiary alicyclic amines) is 1. The van der Waals surface area contributed by atoms with Crippen LogP contribution in [0.3, 0.4) is 0 Å². The first-order valence-electron chi connectivity index (χ1n) is 10.1. The van der Waals surface area contributed by atoms with Gasteiger partial charge in [0, 0.05) is 55.1 Å². The van der Waals surface area contributed by atoms with Crippen molar-refractivity contribution in [3.8, 4) is 11.3 Å². The number of amides is 1. The Bertz CT molecular complexity index is 1040. The van der Waals surface area contributed by atoms with Crippen molar-refractivity contribution >= 4 is 17.4 Å². The molecular weight excluding hydrogens is 381 g/mol. The number of nitrogens with zero attached hydrogens (tertiary/aromatic N) is 4. The van der Waals surface area contributed by atoms with Gasteiger partial charge in [-0.1, -0.05) is 6.07 Å². The number of piperidine rings is 1. The molecule has 154 valence electrons. The van der Waals surface area contributed by atoms with Crippen molar-refractivity contribution in [3.63, 3.8) is 0 Å². The van der Waals surface area contributed by atoms with Crippen LogP contribution < -0.4 is 5.32 Å². The molecule has 3 heterocycles. The molecule has 6 nitrogen and oxygen atoms in total. The molecule has 2 aromatic heterocycles. The average molecular weight is 405 g/mol. The Morgan fingerprint density at radius 2 is 2.03 bits per heavy atom. The van der Waals surface area contributed by atoms with E-state index in [2.05, 4.69) is 17.2 Å². The normalized spacial score (nSPS) is 18.8. The van der Waals surface area contributed by atoms with Crippen LogP contribution in [-0.4, -0.2) is 38.3 Å². The van der Waals surface area contributed by atoms with Gasteiger partial charge in [-0.3, -0.25) is 9.78 Å². The SMILES string of the molecule is CC(=O)N1C[C@H](c2nc(Nc3cccc(F)c3)cc(-c3cccnc3)n2)CC[C@H]1C. The molecule has 0 unspecified atom stereocenters. The van der Waals surface area contributed by atoms with E-state index in [9.17, 15) is 9.18 Å². The van der Waals surface area contributed by atoms with E-state index in [4.69, 9.17) is 9.97 Å². The highest BCUT2D eigenvalue weighted by Gasteiger charge is 2.30. The minimum Gasteiger partial charge on any atom is -0.340 e. The number of carbonyl (C=O) groups is 1. The summed E-state index contributed by atoms with van der Waals surface area (Å²) in [6.07, 6.45) is 5.27. The van der Waals surface area contributed by atoms with Gasteiger partial charge >= 0.3 is 0 Å². The van der Waals surface area contributed by atoms with Crippen LogP contribution in [-0.2, 0) is 4.79 Å². The van der Waals surface area contributed by atoms with Crippen LogP contribution in [0.25, 0.3) is 11.3 Å². The van der Waals surface area contributed by atoms with Crippen LogP contribution in [0.5, 0.6) is 0 Å². The first-order valence-corrected chi connectivity index (χ1v) is 10.1. The van der Waals surface area contributed by atoms with Crippen LogP contribution in [0, 0.1) is 5.82 Å². The molecule has 30 heavy (non-hydrogen) atoms. The van der Waals surface area contributed by atoms with E-state index >= 15 is 0 Å². The molecule has 1 aliphatic heterocycles. The number of hydrogen-bond donors (Lipinski definition) is 1. The summed E-state index contributed by atoms with van der Waals surface area (Å²) in [7, 11) is 0. The van der Waals surface area contributed by atoms with Gasteiger partial charge in [-0.05, 0) is 50.1 Å². The molecule has 1 aliphatic rings. The van der Waals surface area contributed by atoms with Gasteiger partial charge in [0.05, 0.1) is 5.69 Å². The van der Waals surface area contributed by atoms with E-state index in [0.717, 1.165) is 24.1 Å². The molecule has 2 atom stereocenters. The first kappa shape index (κ1) is 19.9. The van der Waals surface area contributed by atoms with Crippen LogP contribution in [0.4, 0.5) is 15.9 Å². The highest BCUT2D eigenvalue weighted by atomic mass is 19.1. The number of carbonyl (C=O) groups excluding carboxylic acids is 1. The fourth-order valence-electron chi connectivity index (χ4n) is 3.85. The third-order valence-electron chi connectivity index (χ3n) is 5.45. The quantitative estimate of drug-likeness (QED) is 0.690. The fraction of sp³-hybridized carbons (Fsp3) is 0.304. The summed E-state index contributed by atoms with van der Waals surface area (Å²) in [6, 6.07) is 12.1. The van der Waals surface area contributed by atoms with Gasteiger partial charge in [-0.15, -0.1) is 0 Å². The Labute approximate surface area is 175 Å². The first-order chi connectivity index (χ1) is 14.5. The van der Waals surface area contributed by atoms with Gasteiger partial charge in [0.2, 0.25) is 5.91 Å². The molecule has 1 N–H and O–H groups in total. The van der Waals surface area contributed by atoms with E-state index in [1.807, 2.05) is 23.1 Å². The average Bonchev–Trinajstić information content (AvgIpc) is 2.74. The Hall–Kier alpha value is -3.35. The van der Waals surface area contributed by atoms with Crippen molar-refractivity contribution in [1.82, 2.24) is 19.9 Å². The molecule has 1 aromatic carbocycles. The molecule has 1 fully saturated rings. The number of benzene rings is 1. The van der Waals surface area contributed by atoms with Crippen molar-refractivity contribution in [2.45, 2.75) is 38.6 Å². The van der Waals surface area contributed by atoms with E-state index in [0.29, 0.717) is 23.9 Å². The molecule has 0 bridgehead atoms. The highest BCUT2D eigenvalue weighted by Crippen LogP contribution is 2.31. The second-order valence-electron chi connectivity index (χ2n) is 7.67. The summed E-state index contributed by atoms with van der Waals surface area (Å²) in [6.45, 7) is 4.26. The van der Waals surface area contributed by atoms with Gasteiger partial charge < -0.3 is 10.2 Å². The van der Waals surface area contributed by atoms with Gasteiger partial charge in [-0.25, -0.2) is 14.4 Å². The summed E-state index contributed by atoms with van der Waals surface area (Å²) >= 11 is 0. The van der Waals surface area contributed by atoms with Gasteiger partial charge in [0.15, 0.2) is 0 Å². The highest BCUT2D eigenvalue weighted by molar-refractivity contribution is 5.73. The Morgan fingerprint density at radius 3 is 2.77 bits per heavy atom. The van der Waals surface area contributed by atoms with Gasteiger partial charge in [0.1, 0.15) is 17.5 Å². The van der Waals surface area contributed by atoms with E-state index in [-0.39, 0.29) is 23.7 Å². The lowest BCUT2D eigenvalue weighted by Gasteiger charge is -2.37. The lowest BCUT2D eigenvalue weighted by molar-refractivity contribution is -0.132. The standard InChI is InChI=1S/C23H24FN5O/c1-15-8-9-18(14-29(15)16(2)30)23-27-21(17-5-4-10-25-13-17)12-22(28-23)26-20-7-3-6-19(24)11-20/h3-7,10-13,15,18H,8-9,14H2,1-2H3,(H,26,27,28)/t15-,18-/m1/s1. The largest absolute Gasteiger partial charge is 0.340 e. The molecule has 0 saturated carbocycles. The number of rotatable bonds is 4. The zero-order valence-corrected chi connectivity index (χ0v) is 17.0. The van der Waals surface area contributed by atoms with Crippen molar-refractivity contribution < 1.29 is 9.18 Å². The predicted octanol–water partition coefficient (Wildman–Crippen LogP) is 4.54. The minimum absolute atomic E-state index is 0.0368. The molecule has 0 spiro atoms. The van der Waals surface area contributed by atoms with E-state index < -0.39 is 0 Å². The van der Waals surface area contributed by atoms with Crippen LogP contribution in [0.15, 0.2) is 54.9 Å². The zero-order valence-electron chi connectivity index (χ0n) is 17.0. The van der Waals surface area contributed by atoms with Crippen molar-refractivity contribution in [2.75, 3.05) is 11.9 Å². The van der Waals surface area contributed by atoms with Crippen molar-refractivity contribution in [2.24, 2.45) is 0 Å². The van der Waals surface area contributed by atoms with Crippen molar-refractivity contribution in [3.05, 3.63) is 66.5 Å². The minimum atomic E-state index is -0.319. The van der Waals surface area contributed by atoms with E-state index in [1.54, 1.807) is 31.5 Å². The number of anilines is 2. The number of pyridine rings is 1. The lowest BCUT2D eigenvalue weighted by atomic mass is 9.92. The summed E-state index contributed by atoms with van der Waals surface area (Å²) < 4.78 is 13.6.